The molecule has 1 aliphatic heterocycles. The first kappa shape index (κ1) is 18.4. The molecule has 30 heavy (non-hydrogen) atoms. The topological polar surface area (TPSA) is 78.9 Å². The van der Waals surface area contributed by atoms with Gasteiger partial charge in [0.1, 0.15) is 6.10 Å². The number of hydrogen-bond donors (Lipinski definition) is 1. The van der Waals surface area contributed by atoms with Crippen LogP contribution in [0, 0.1) is 6.92 Å². The summed E-state index contributed by atoms with van der Waals surface area (Å²) < 4.78 is 8.21. The minimum atomic E-state index is -0.223. The number of hydrogen-bond acceptors (Lipinski definition) is 5. The summed E-state index contributed by atoms with van der Waals surface area (Å²) in [7, 11) is 1.94. The summed E-state index contributed by atoms with van der Waals surface area (Å²) >= 11 is 0. The van der Waals surface area contributed by atoms with E-state index in [1.54, 1.807) is 6.20 Å². The largest absolute Gasteiger partial charge is 0.482 e. The third-order valence-electron chi connectivity index (χ3n) is 5.65. The molecule has 0 saturated heterocycles. The van der Waals surface area contributed by atoms with E-state index in [-0.39, 0.29) is 6.10 Å². The predicted octanol–water partition coefficient (Wildman–Crippen LogP) is 4.48. The van der Waals surface area contributed by atoms with E-state index in [1.807, 2.05) is 43.2 Å². The van der Waals surface area contributed by atoms with Gasteiger partial charge in [-0.15, -0.1) is 0 Å². The highest BCUT2D eigenvalue weighted by atomic mass is 16.5. The maximum atomic E-state index is 6.34. The fourth-order valence-corrected chi connectivity index (χ4v) is 4.18. The molecule has 6 nitrogen and oxygen atoms in total. The molecule has 1 aliphatic rings. The Morgan fingerprint density at radius 2 is 1.97 bits per heavy atom. The molecular weight excluding hydrogens is 374 g/mol. The quantitative estimate of drug-likeness (QED) is 0.473. The fraction of sp³-hybridized carbons (Fsp3) is 0.208. The van der Waals surface area contributed by atoms with Crippen molar-refractivity contribution in [1.29, 1.82) is 0 Å². The minimum Gasteiger partial charge on any atom is -0.482 e. The molecule has 4 aromatic rings. The SMILES string of the molecule is Cc1ccc2c(c1)[C@@H](C)Oc1cc(cnc1N)-c1c(cnn1C)Cc1cccnc1-2. The Hall–Kier alpha value is -3.67. The lowest BCUT2D eigenvalue weighted by atomic mass is 9.92. The third kappa shape index (κ3) is 3.01. The van der Waals surface area contributed by atoms with Gasteiger partial charge in [-0.1, -0.05) is 29.8 Å². The molecule has 5 rings (SSSR count). The van der Waals surface area contributed by atoms with E-state index in [0.717, 1.165) is 39.2 Å². The van der Waals surface area contributed by atoms with Gasteiger partial charge >= 0.3 is 0 Å². The van der Waals surface area contributed by atoms with Crippen LogP contribution in [0.3, 0.4) is 0 Å². The fourth-order valence-electron chi connectivity index (χ4n) is 4.18. The summed E-state index contributed by atoms with van der Waals surface area (Å²) in [5, 5.41) is 4.51. The molecule has 3 aromatic heterocycles. The van der Waals surface area contributed by atoms with Gasteiger partial charge in [-0.25, -0.2) is 4.98 Å². The van der Waals surface area contributed by atoms with Crippen LogP contribution >= 0.6 is 0 Å². The van der Waals surface area contributed by atoms with Crippen molar-refractivity contribution < 1.29 is 4.74 Å². The van der Waals surface area contributed by atoms with Crippen LogP contribution in [-0.4, -0.2) is 19.7 Å². The van der Waals surface area contributed by atoms with Crippen LogP contribution < -0.4 is 10.5 Å². The summed E-state index contributed by atoms with van der Waals surface area (Å²) in [5.41, 5.74) is 14.6. The smallest absolute Gasteiger partial charge is 0.166 e. The lowest BCUT2D eigenvalue weighted by molar-refractivity contribution is 0.228. The number of rotatable bonds is 0. The number of anilines is 1. The Kier molecular flexibility index (Phi) is 4.28. The monoisotopic (exact) mass is 397 g/mol. The molecule has 1 atom stereocenters. The second kappa shape index (κ2) is 6.99. The lowest BCUT2D eigenvalue weighted by Crippen LogP contribution is -2.10. The van der Waals surface area contributed by atoms with Gasteiger partial charge in [0.05, 0.1) is 17.6 Å². The molecule has 0 saturated carbocycles. The highest BCUT2D eigenvalue weighted by Crippen LogP contribution is 2.38. The molecule has 0 fully saturated rings. The van der Waals surface area contributed by atoms with Gasteiger partial charge < -0.3 is 10.5 Å². The van der Waals surface area contributed by atoms with Crippen molar-refractivity contribution in [2.24, 2.45) is 7.05 Å². The first-order valence-electron chi connectivity index (χ1n) is 9.99. The Balaban J connectivity index is 1.81. The molecule has 0 aliphatic carbocycles. The molecule has 4 heterocycles. The van der Waals surface area contributed by atoms with Gasteiger partial charge in [0, 0.05) is 48.1 Å². The number of nitrogens with zero attached hydrogens (tertiary/aromatic N) is 4. The second-order valence-corrected chi connectivity index (χ2v) is 7.79. The Labute approximate surface area is 175 Å². The zero-order valence-corrected chi connectivity index (χ0v) is 17.3. The van der Waals surface area contributed by atoms with Crippen molar-refractivity contribution in [3.05, 3.63) is 77.2 Å². The number of ether oxygens (including phenoxy) is 1. The molecule has 0 amide bonds. The van der Waals surface area contributed by atoms with Crippen molar-refractivity contribution in [2.45, 2.75) is 26.4 Å². The minimum absolute atomic E-state index is 0.223. The highest BCUT2D eigenvalue weighted by molar-refractivity contribution is 5.72. The highest BCUT2D eigenvalue weighted by Gasteiger charge is 2.22. The maximum absolute atomic E-state index is 6.34. The van der Waals surface area contributed by atoms with Crippen molar-refractivity contribution in [2.75, 3.05) is 5.73 Å². The molecular formula is C24H23N5O. The van der Waals surface area contributed by atoms with E-state index in [2.05, 4.69) is 41.3 Å². The maximum Gasteiger partial charge on any atom is 0.166 e. The van der Waals surface area contributed by atoms with E-state index >= 15 is 0 Å². The predicted molar refractivity (Wildman–Crippen MR) is 117 cm³/mol. The Bertz CT molecular complexity index is 1260. The van der Waals surface area contributed by atoms with E-state index in [1.165, 1.54) is 5.56 Å². The molecule has 150 valence electrons. The van der Waals surface area contributed by atoms with E-state index in [0.29, 0.717) is 18.0 Å². The average molecular weight is 397 g/mol. The van der Waals surface area contributed by atoms with Crippen LogP contribution in [0.2, 0.25) is 0 Å². The van der Waals surface area contributed by atoms with Crippen molar-refractivity contribution in [3.8, 4) is 28.3 Å². The number of aromatic nitrogens is 4. The number of pyridine rings is 2. The summed E-state index contributed by atoms with van der Waals surface area (Å²) in [4.78, 5) is 9.16. The molecule has 1 aromatic carbocycles. The standard InChI is InChI=1S/C24H23N5O/c1-14-6-7-19-20(9-14)15(2)30-21-11-18(12-27-24(21)25)23-17(13-28-29(23)3)10-16-5-4-8-26-22(16)19/h4-9,11-13,15H,10H2,1-3H3,(H2,25,27)/t15-/m1/s1. The van der Waals surface area contributed by atoms with Crippen LogP contribution in [0.1, 0.15) is 35.3 Å². The summed E-state index contributed by atoms with van der Waals surface area (Å²) in [5.74, 6) is 0.945. The van der Waals surface area contributed by atoms with Gasteiger partial charge in [0.15, 0.2) is 11.6 Å². The Morgan fingerprint density at radius 3 is 2.83 bits per heavy atom. The second-order valence-electron chi connectivity index (χ2n) is 7.79. The number of aryl methyl sites for hydroxylation is 2. The van der Waals surface area contributed by atoms with Gasteiger partial charge in [0.2, 0.25) is 0 Å². The number of nitrogens with two attached hydrogens (primary N) is 1. The van der Waals surface area contributed by atoms with Gasteiger partial charge in [-0.05, 0) is 31.5 Å². The van der Waals surface area contributed by atoms with E-state index < -0.39 is 0 Å². The first-order chi connectivity index (χ1) is 14.5. The molecule has 0 radical (unpaired) electrons. The number of nitrogen functional groups attached to an aromatic ring is 1. The van der Waals surface area contributed by atoms with E-state index in [4.69, 9.17) is 15.5 Å². The van der Waals surface area contributed by atoms with Crippen molar-refractivity contribution in [1.82, 2.24) is 19.7 Å². The first-order valence-corrected chi connectivity index (χ1v) is 9.99. The molecule has 0 unspecified atom stereocenters. The van der Waals surface area contributed by atoms with Crippen LogP contribution in [0.4, 0.5) is 5.82 Å². The van der Waals surface area contributed by atoms with Gasteiger partial charge in [-0.2, -0.15) is 5.10 Å². The van der Waals surface area contributed by atoms with Crippen molar-refractivity contribution >= 4 is 5.82 Å². The molecule has 6 heteroatoms. The Morgan fingerprint density at radius 1 is 1.10 bits per heavy atom. The molecule has 2 N–H and O–H groups in total. The lowest BCUT2D eigenvalue weighted by Gasteiger charge is -2.22. The summed E-state index contributed by atoms with van der Waals surface area (Å²) in [6.07, 6.45) is 6.03. The normalized spacial score (nSPS) is 15.1. The van der Waals surface area contributed by atoms with Crippen LogP contribution in [0.25, 0.3) is 22.5 Å². The van der Waals surface area contributed by atoms with Crippen molar-refractivity contribution in [3.63, 3.8) is 0 Å². The molecule has 0 spiro atoms. The van der Waals surface area contributed by atoms with Crippen LogP contribution in [-0.2, 0) is 13.5 Å². The van der Waals surface area contributed by atoms with Crippen LogP contribution in [0.15, 0.2) is 55.0 Å². The number of benzene rings is 1. The average Bonchev–Trinajstić information content (AvgIpc) is 3.09. The van der Waals surface area contributed by atoms with Gasteiger partial charge in [-0.3, -0.25) is 9.67 Å². The van der Waals surface area contributed by atoms with Crippen LogP contribution in [0.5, 0.6) is 5.75 Å². The van der Waals surface area contributed by atoms with Gasteiger partial charge in [0.25, 0.3) is 0 Å². The zero-order chi connectivity index (χ0) is 20.8. The number of fused-ring (bicyclic) bond motifs is 7. The molecule has 2 bridgehead atoms. The third-order valence-corrected chi connectivity index (χ3v) is 5.65. The summed E-state index contributed by atoms with van der Waals surface area (Å²) in [6.45, 7) is 4.12. The zero-order valence-electron chi connectivity index (χ0n) is 17.3. The summed E-state index contributed by atoms with van der Waals surface area (Å²) in [6, 6.07) is 12.5. The van der Waals surface area contributed by atoms with E-state index in [9.17, 15) is 0 Å².